The van der Waals surface area contributed by atoms with E-state index in [1.807, 2.05) is 43.9 Å². The number of nitrogens with zero attached hydrogens (tertiary/aromatic N) is 2. The zero-order valence-corrected chi connectivity index (χ0v) is 26.0. The third-order valence-electron chi connectivity index (χ3n) is 9.89. The second-order valence-corrected chi connectivity index (χ2v) is 12.5. The molecule has 2 saturated heterocycles. The molecular formula is C36H44N2O5. The lowest BCUT2D eigenvalue weighted by Crippen LogP contribution is -2.52. The molecule has 0 saturated carbocycles. The van der Waals surface area contributed by atoms with Gasteiger partial charge in [0.05, 0.1) is 6.61 Å². The number of hydrogen-bond acceptors (Lipinski definition) is 6. The average molecular weight is 585 g/mol. The fraction of sp³-hybridized carbons (Fsp3) is 0.500. The van der Waals surface area contributed by atoms with Crippen LogP contribution in [0.2, 0.25) is 0 Å². The number of carbonyl (C=O) groups is 1. The molecule has 0 spiro atoms. The Morgan fingerprint density at radius 2 is 1.74 bits per heavy atom. The molecule has 7 heteroatoms. The molecule has 4 aromatic rings. The summed E-state index contributed by atoms with van der Waals surface area (Å²) in [5.74, 6) is 1.40. The highest BCUT2D eigenvalue weighted by molar-refractivity contribution is 6.05. The highest BCUT2D eigenvalue weighted by Gasteiger charge is 2.34. The first-order valence-corrected chi connectivity index (χ1v) is 15.9. The number of benzene rings is 2. The van der Waals surface area contributed by atoms with E-state index in [0.29, 0.717) is 42.7 Å². The highest BCUT2D eigenvalue weighted by atomic mass is 16.5. The van der Waals surface area contributed by atoms with Gasteiger partial charge in [0.2, 0.25) is 5.91 Å². The van der Waals surface area contributed by atoms with Crippen molar-refractivity contribution in [1.82, 2.24) is 9.80 Å². The van der Waals surface area contributed by atoms with Crippen molar-refractivity contribution in [3.05, 3.63) is 69.3 Å². The zero-order chi connectivity index (χ0) is 30.1. The molecule has 0 unspecified atom stereocenters. The summed E-state index contributed by atoms with van der Waals surface area (Å²) < 4.78 is 17.5. The van der Waals surface area contributed by atoms with E-state index in [1.165, 1.54) is 38.8 Å². The summed E-state index contributed by atoms with van der Waals surface area (Å²) in [6.07, 6.45) is 6.75. The van der Waals surface area contributed by atoms with Gasteiger partial charge in [0.25, 0.3) is 0 Å². The Kier molecular flexibility index (Phi) is 8.73. The maximum Gasteiger partial charge on any atom is 0.339 e. The maximum atomic E-state index is 13.7. The van der Waals surface area contributed by atoms with Crippen molar-refractivity contribution in [2.75, 3.05) is 39.9 Å². The van der Waals surface area contributed by atoms with E-state index in [4.69, 9.17) is 13.6 Å². The summed E-state index contributed by atoms with van der Waals surface area (Å²) in [5.41, 5.74) is 5.31. The summed E-state index contributed by atoms with van der Waals surface area (Å²) in [6, 6.07) is 12.9. The number of piperidine rings is 2. The van der Waals surface area contributed by atoms with Gasteiger partial charge < -0.3 is 23.4 Å². The molecule has 2 fully saturated rings. The number of amides is 1. The molecule has 43 heavy (non-hydrogen) atoms. The van der Waals surface area contributed by atoms with Crippen LogP contribution in [0.5, 0.6) is 0 Å². The number of carbonyl (C=O) groups excluding carboxylic acids is 1. The Morgan fingerprint density at radius 1 is 0.977 bits per heavy atom. The highest BCUT2D eigenvalue weighted by Crippen LogP contribution is 2.40. The van der Waals surface area contributed by atoms with Gasteiger partial charge in [-0.25, -0.2) is 4.79 Å². The smallest absolute Gasteiger partial charge is 0.339 e. The van der Waals surface area contributed by atoms with Crippen LogP contribution < -0.4 is 5.63 Å². The molecule has 2 aromatic heterocycles. The van der Waals surface area contributed by atoms with E-state index in [9.17, 15) is 9.59 Å². The van der Waals surface area contributed by atoms with E-state index in [-0.39, 0.29) is 18.0 Å². The van der Waals surface area contributed by atoms with E-state index in [2.05, 4.69) is 23.1 Å². The average Bonchev–Trinajstić information content (AvgIpc) is 3.36. The van der Waals surface area contributed by atoms with Crippen molar-refractivity contribution in [2.45, 2.75) is 71.8 Å². The minimum Gasteiger partial charge on any atom is -0.460 e. The van der Waals surface area contributed by atoms with E-state index >= 15 is 0 Å². The van der Waals surface area contributed by atoms with Gasteiger partial charge in [-0.05, 0) is 89.1 Å². The first kappa shape index (κ1) is 29.6. The normalized spacial score (nSPS) is 19.2. The largest absolute Gasteiger partial charge is 0.460 e. The molecule has 7 nitrogen and oxygen atoms in total. The Labute approximate surface area is 253 Å². The molecule has 4 heterocycles. The monoisotopic (exact) mass is 584 g/mol. The second kappa shape index (κ2) is 12.7. The number of hydrogen-bond donors (Lipinski definition) is 0. The van der Waals surface area contributed by atoms with E-state index in [0.717, 1.165) is 57.3 Å². The van der Waals surface area contributed by atoms with Gasteiger partial charge in [-0.3, -0.25) is 4.79 Å². The number of furan rings is 1. The molecule has 2 aromatic carbocycles. The van der Waals surface area contributed by atoms with Gasteiger partial charge in [0, 0.05) is 60.1 Å². The van der Waals surface area contributed by atoms with Crippen molar-refractivity contribution < 1.29 is 18.4 Å². The quantitative estimate of drug-likeness (QED) is 0.201. The number of methoxy groups -OCH3 is 1. The van der Waals surface area contributed by atoms with Gasteiger partial charge in [0.15, 0.2) is 0 Å². The van der Waals surface area contributed by atoms with Crippen LogP contribution in [0.1, 0.15) is 61.0 Å². The van der Waals surface area contributed by atoms with Crippen molar-refractivity contribution in [3.8, 4) is 11.1 Å². The third-order valence-corrected chi connectivity index (χ3v) is 9.89. The molecule has 1 amide bonds. The van der Waals surface area contributed by atoms with Gasteiger partial charge in [0.1, 0.15) is 16.9 Å². The molecule has 2 aliphatic rings. The van der Waals surface area contributed by atoms with Gasteiger partial charge in [-0.15, -0.1) is 0 Å². The minimum absolute atomic E-state index is 0.0762. The van der Waals surface area contributed by atoms with Crippen molar-refractivity contribution in [1.29, 1.82) is 0 Å². The van der Waals surface area contributed by atoms with Crippen LogP contribution >= 0.6 is 0 Å². The summed E-state index contributed by atoms with van der Waals surface area (Å²) in [7, 11) is 1.68. The fourth-order valence-corrected chi connectivity index (χ4v) is 7.61. The van der Waals surface area contributed by atoms with Crippen LogP contribution in [0.3, 0.4) is 0 Å². The molecule has 228 valence electrons. The number of aryl methyl sites for hydroxylation is 3. The molecule has 6 rings (SSSR count). The van der Waals surface area contributed by atoms with Crippen LogP contribution in [0.4, 0.5) is 0 Å². The molecule has 2 atom stereocenters. The van der Waals surface area contributed by atoms with Gasteiger partial charge >= 0.3 is 5.63 Å². The molecule has 0 aliphatic carbocycles. The Bertz CT molecular complexity index is 1670. The Morgan fingerprint density at radius 3 is 2.53 bits per heavy atom. The van der Waals surface area contributed by atoms with E-state index in [1.54, 1.807) is 7.11 Å². The van der Waals surface area contributed by atoms with E-state index < -0.39 is 0 Å². The summed E-state index contributed by atoms with van der Waals surface area (Å²) >= 11 is 0. The first-order chi connectivity index (χ1) is 20.9. The van der Waals surface area contributed by atoms with Crippen LogP contribution in [-0.4, -0.2) is 61.6 Å². The molecule has 0 bridgehead atoms. The molecule has 0 radical (unpaired) electrons. The molecule has 0 N–H and O–H groups in total. The Balaban J connectivity index is 1.27. The Hall–Kier alpha value is -3.42. The minimum atomic E-state index is -0.375. The molecular weight excluding hydrogens is 540 g/mol. The summed E-state index contributed by atoms with van der Waals surface area (Å²) in [4.78, 5) is 31.6. The number of fused-ring (bicyclic) bond motifs is 3. The van der Waals surface area contributed by atoms with Crippen molar-refractivity contribution in [3.63, 3.8) is 0 Å². The third kappa shape index (κ3) is 5.77. The lowest BCUT2D eigenvalue weighted by Gasteiger charge is -2.45. The lowest BCUT2D eigenvalue weighted by molar-refractivity contribution is -0.133. The van der Waals surface area contributed by atoms with Gasteiger partial charge in [-0.1, -0.05) is 36.8 Å². The zero-order valence-electron chi connectivity index (χ0n) is 26.0. The standard InChI is InChI=1S/C36H44N2O5/c1-23-28(15-16-32(39)38(19-20-41-4)22-27-13-10-18-37-17-9-8-14-31(27)37)36(40)43-34-24(2)35-30(21-29(23)34)33(25(3)42-35)26-11-6-5-7-12-26/h5-7,11-12,21,27,31H,8-10,13-20,22H2,1-4H3/t27-,31+/m0/s1. The second-order valence-electron chi connectivity index (χ2n) is 12.5. The van der Waals surface area contributed by atoms with Gasteiger partial charge in [-0.2, -0.15) is 0 Å². The molecule has 2 aliphatic heterocycles. The SMILES string of the molecule is COCCN(C[C@@H]1CCCN2CCCC[C@H]12)C(=O)CCc1c(C)c2cc3c(-c4ccccc4)c(C)oc3c(C)c2oc1=O. The van der Waals surface area contributed by atoms with Crippen LogP contribution in [0, 0.1) is 26.7 Å². The van der Waals surface area contributed by atoms with Crippen LogP contribution in [-0.2, 0) is 16.0 Å². The predicted molar refractivity (Wildman–Crippen MR) is 171 cm³/mol. The fourth-order valence-electron chi connectivity index (χ4n) is 7.61. The number of ether oxygens (including phenoxy) is 1. The van der Waals surface area contributed by atoms with Crippen LogP contribution in [0.15, 0.2) is 50.0 Å². The van der Waals surface area contributed by atoms with Crippen molar-refractivity contribution in [2.24, 2.45) is 5.92 Å². The first-order valence-electron chi connectivity index (χ1n) is 15.9. The predicted octanol–water partition coefficient (Wildman–Crippen LogP) is 6.80. The maximum absolute atomic E-state index is 13.7. The number of rotatable bonds is 9. The summed E-state index contributed by atoms with van der Waals surface area (Å²) in [6.45, 7) is 10.1. The summed E-state index contributed by atoms with van der Waals surface area (Å²) in [5, 5.41) is 1.89. The topological polar surface area (TPSA) is 76.1 Å². The van der Waals surface area contributed by atoms with Crippen LogP contribution in [0.25, 0.3) is 33.1 Å². The lowest BCUT2D eigenvalue weighted by atomic mass is 9.83. The van der Waals surface area contributed by atoms with Crippen molar-refractivity contribution >= 4 is 27.8 Å².